The van der Waals surface area contributed by atoms with Crippen LogP contribution in [0, 0.1) is 0 Å². The first-order valence-electron chi connectivity index (χ1n) is 5.83. The second-order valence-electron chi connectivity index (χ2n) is 4.48. The van der Waals surface area contributed by atoms with Crippen LogP contribution in [0.1, 0.15) is 39.5 Å². The largest absolute Gasteiger partial charge is 0.336 e. The minimum absolute atomic E-state index is 0.0526. The second kappa shape index (κ2) is 5.79. The van der Waals surface area contributed by atoms with Gasteiger partial charge < -0.3 is 10.2 Å². The molecule has 86 valence electrons. The van der Waals surface area contributed by atoms with Crippen LogP contribution in [-0.2, 0) is 0 Å². The Morgan fingerprint density at radius 3 is 2.60 bits per heavy atom. The molecule has 15 heavy (non-hydrogen) atoms. The van der Waals surface area contributed by atoms with Crippen molar-refractivity contribution in [3.05, 3.63) is 12.7 Å². The molecule has 0 spiro atoms. The molecule has 0 heterocycles. The molecule has 0 saturated heterocycles. The molecule has 0 unspecified atom stereocenters. The van der Waals surface area contributed by atoms with Crippen molar-refractivity contribution >= 4 is 6.03 Å². The summed E-state index contributed by atoms with van der Waals surface area (Å²) < 4.78 is 0. The normalized spacial score (nSPS) is 16.7. The number of nitrogens with one attached hydrogen (secondary N) is 1. The Balaban J connectivity index is 2.55. The van der Waals surface area contributed by atoms with Gasteiger partial charge in [-0.1, -0.05) is 18.9 Å². The summed E-state index contributed by atoms with van der Waals surface area (Å²) >= 11 is 0. The van der Waals surface area contributed by atoms with Crippen molar-refractivity contribution in [2.75, 3.05) is 6.54 Å². The molecule has 0 atom stereocenters. The molecule has 0 radical (unpaired) electrons. The first kappa shape index (κ1) is 12.1. The van der Waals surface area contributed by atoms with Gasteiger partial charge >= 0.3 is 6.03 Å². The van der Waals surface area contributed by atoms with Gasteiger partial charge in [-0.05, 0) is 26.7 Å². The topological polar surface area (TPSA) is 32.3 Å². The van der Waals surface area contributed by atoms with Gasteiger partial charge in [0, 0.05) is 18.6 Å². The minimum Gasteiger partial charge on any atom is -0.336 e. The van der Waals surface area contributed by atoms with Crippen LogP contribution in [0.4, 0.5) is 4.79 Å². The molecule has 1 saturated carbocycles. The van der Waals surface area contributed by atoms with Crippen LogP contribution in [0.5, 0.6) is 0 Å². The molecule has 3 nitrogen and oxygen atoms in total. The molecule has 2 amide bonds. The van der Waals surface area contributed by atoms with E-state index in [1.165, 1.54) is 12.8 Å². The van der Waals surface area contributed by atoms with Gasteiger partial charge in [0.1, 0.15) is 0 Å². The molecular weight excluding hydrogens is 188 g/mol. The molecule has 0 aromatic carbocycles. The van der Waals surface area contributed by atoms with Gasteiger partial charge in [-0.2, -0.15) is 0 Å². The van der Waals surface area contributed by atoms with E-state index in [1.54, 1.807) is 6.08 Å². The summed E-state index contributed by atoms with van der Waals surface area (Å²) in [5.74, 6) is 0. The third-order valence-corrected chi connectivity index (χ3v) is 2.76. The number of amides is 2. The Morgan fingerprint density at radius 2 is 2.13 bits per heavy atom. The second-order valence-corrected chi connectivity index (χ2v) is 4.48. The fraction of sp³-hybridized carbons (Fsp3) is 0.750. The molecule has 1 aliphatic carbocycles. The summed E-state index contributed by atoms with van der Waals surface area (Å²) in [4.78, 5) is 13.8. The number of hydrogen-bond acceptors (Lipinski definition) is 1. The van der Waals surface area contributed by atoms with Gasteiger partial charge in [0.2, 0.25) is 0 Å². The maximum absolute atomic E-state index is 11.9. The highest BCUT2D eigenvalue weighted by Crippen LogP contribution is 2.23. The standard InChI is InChI=1S/C12H22N2O/c1-4-9-14(11-7-5-6-8-11)12(15)13-10(2)3/h4,10-11H,1,5-9H2,2-3H3,(H,13,15). The highest BCUT2D eigenvalue weighted by atomic mass is 16.2. The van der Waals surface area contributed by atoms with Crippen LogP contribution in [0.15, 0.2) is 12.7 Å². The number of carbonyl (C=O) groups excluding carboxylic acids is 1. The molecular formula is C12H22N2O. The zero-order valence-electron chi connectivity index (χ0n) is 9.83. The van der Waals surface area contributed by atoms with Crippen molar-refractivity contribution in [1.82, 2.24) is 10.2 Å². The summed E-state index contributed by atoms with van der Waals surface area (Å²) in [6.45, 7) is 8.34. The first-order chi connectivity index (χ1) is 7.15. The fourth-order valence-electron chi connectivity index (χ4n) is 2.08. The van der Waals surface area contributed by atoms with Crippen LogP contribution < -0.4 is 5.32 Å². The van der Waals surface area contributed by atoms with Crippen molar-refractivity contribution in [3.8, 4) is 0 Å². The summed E-state index contributed by atoms with van der Waals surface area (Å²) in [6, 6.07) is 0.671. The molecule has 1 aliphatic rings. The lowest BCUT2D eigenvalue weighted by Gasteiger charge is -2.28. The number of nitrogens with zero attached hydrogens (tertiary/aromatic N) is 1. The Labute approximate surface area is 92.5 Å². The van der Waals surface area contributed by atoms with Gasteiger partial charge in [-0.25, -0.2) is 4.79 Å². The lowest BCUT2D eigenvalue weighted by Crippen LogP contribution is -2.47. The van der Waals surface area contributed by atoms with Gasteiger partial charge in [-0.3, -0.25) is 0 Å². The maximum Gasteiger partial charge on any atom is 0.318 e. The van der Waals surface area contributed by atoms with Gasteiger partial charge in [-0.15, -0.1) is 6.58 Å². The van der Waals surface area contributed by atoms with Crippen molar-refractivity contribution in [2.45, 2.75) is 51.6 Å². The Bertz CT molecular complexity index is 220. The van der Waals surface area contributed by atoms with E-state index in [-0.39, 0.29) is 12.1 Å². The molecule has 0 bridgehead atoms. The van der Waals surface area contributed by atoms with E-state index in [4.69, 9.17) is 0 Å². The molecule has 0 aliphatic heterocycles. The minimum atomic E-state index is 0.0526. The quantitative estimate of drug-likeness (QED) is 0.710. The highest BCUT2D eigenvalue weighted by Gasteiger charge is 2.25. The first-order valence-corrected chi connectivity index (χ1v) is 5.83. The van der Waals surface area contributed by atoms with E-state index in [0.29, 0.717) is 12.6 Å². The summed E-state index contributed by atoms with van der Waals surface area (Å²) in [5, 5.41) is 2.94. The third kappa shape index (κ3) is 3.57. The summed E-state index contributed by atoms with van der Waals surface area (Å²) in [5.41, 5.74) is 0. The number of carbonyl (C=O) groups is 1. The van der Waals surface area contributed by atoms with E-state index in [1.807, 2.05) is 18.7 Å². The molecule has 3 heteroatoms. The van der Waals surface area contributed by atoms with Crippen LogP contribution in [0.25, 0.3) is 0 Å². The zero-order valence-corrected chi connectivity index (χ0v) is 9.83. The van der Waals surface area contributed by atoms with Crippen LogP contribution in [0.3, 0.4) is 0 Å². The summed E-state index contributed by atoms with van der Waals surface area (Å²) in [6.07, 6.45) is 6.57. The third-order valence-electron chi connectivity index (χ3n) is 2.76. The average molecular weight is 210 g/mol. The van der Waals surface area contributed by atoms with Crippen LogP contribution >= 0.6 is 0 Å². The van der Waals surface area contributed by atoms with Crippen molar-refractivity contribution in [1.29, 1.82) is 0 Å². The number of hydrogen-bond donors (Lipinski definition) is 1. The maximum atomic E-state index is 11.9. The fourth-order valence-corrected chi connectivity index (χ4v) is 2.08. The van der Waals surface area contributed by atoms with Crippen molar-refractivity contribution < 1.29 is 4.79 Å². The van der Waals surface area contributed by atoms with Gasteiger partial charge in [0.25, 0.3) is 0 Å². The lowest BCUT2D eigenvalue weighted by molar-refractivity contribution is 0.180. The van der Waals surface area contributed by atoms with Gasteiger partial charge in [0.15, 0.2) is 0 Å². The Morgan fingerprint density at radius 1 is 1.53 bits per heavy atom. The number of rotatable bonds is 4. The SMILES string of the molecule is C=CCN(C(=O)NC(C)C)C1CCCC1. The van der Waals surface area contributed by atoms with Gasteiger partial charge in [0.05, 0.1) is 0 Å². The van der Waals surface area contributed by atoms with Crippen LogP contribution in [0.2, 0.25) is 0 Å². The molecule has 0 aromatic heterocycles. The van der Waals surface area contributed by atoms with E-state index in [0.717, 1.165) is 12.8 Å². The summed E-state index contributed by atoms with van der Waals surface area (Å²) in [7, 11) is 0. The smallest absolute Gasteiger partial charge is 0.318 e. The molecule has 1 fully saturated rings. The van der Waals surface area contributed by atoms with Crippen LogP contribution in [-0.4, -0.2) is 29.6 Å². The van der Waals surface area contributed by atoms with Crippen molar-refractivity contribution in [3.63, 3.8) is 0 Å². The zero-order chi connectivity index (χ0) is 11.3. The molecule has 1 rings (SSSR count). The molecule has 1 N–H and O–H groups in total. The monoisotopic (exact) mass is 210 g/mol. The van der Waals surface area contributed by atoms with E-state index >= 15 is 0 Å². The number of urea groups is 1. The highest BCUT2D eigenvalue weighted by molar-refractivity contribution is 5.75. The predicted molar refractivity (Wildman–Crippen MR) is 62.8 cm³/mol. The average Bonchev–Trinajstić information content (AvgIpc) is 2.65. The molecule has 0 aromatic rings. The van der Waals surface area contributed by atoms with E-state index in [9.17, 15) is 4.79 Å². The lowest BCUT2D eigenvalue weighted by atomic mass is 10.2. The van der Waals surface area contributed by atoms with Crippen molar-refractivity contribution in [2.24, 2.45) is 0 Å². The predicted octanol–water partition coefficient (Wildman–Crippen LogP) is 2.54. The Hall–Kier alpha value is -0.990. The van der Waals surface area contributed by atoms with E-state index in [2.05, 4.69) is 11.9 Å². The van der Waals surface area contributed by atoms with E-state index < -0.39 is 0 Å². The Kier molecular flexibility index (Phi) is 4.66.